The van der Waals surface area contributed by atoms with E-state index >= 15 is 0 Å². The molecule has 0 aliphatic heterocycles. The maximum atomic E-state index is 12.5. The number of alkyl halides is 3. The number of hydrogen-bond acceptors (Lipinski definition) is 3. The summed E-state index contributed by atoms with van der Waals surface area (Å²) in [6.07, 6.45) is -4.32. The summed E-state index contributed by atoms with van der Waals surface area (Å²) in [5, 5.41) is 3.02. The Bertz CT molecular complexity index is 609. The molecule has 2 rings (SSSR count). The normalized spacial score (nSPS) is 12.7. The van der Waals surface area contributed by atoms with Crippen molar-refractivity contribution in [2.24, 2.45) is 0 Å². The molecule has 6 heteroatoms. The Morgan fingerprint density at radius 3 is 1.87 bits per heavy atom. The van der Waals surface area contributed by atoms with Crippen molar-refractivity contribution < 1.29 is 22.6 Å². The lowest BCUT2D eigenvalue weighted by Gasteiger charge is -2.14. The van der Waals surface area contributed by atoms with Gasteiger partial charge in [0.1, 0.15) is 23.4 Å². The van der Waals surface area contributed by atoms with Gasteiger partial charge in [-0.05, 0) is 62.5 Å². The molecule has 1 atom stereocenters. The summed E-state index contributed by atoms with van der Waals surface area (Å²) in [5.74, 6) is 1.57. The van der Waals surface area contributed by atoms with Crippen LogP contribution in [0.5, 0.6) is 17.2 Å². The molecule has 3 nitrogen and oxygen atoms in total. The summed E-state index contributed by atoms with van der Waals surface area (Å²) in [6, 6.07) is 11.5. The standard InChI is InChI=1S/C17H18F3NO2/c1-12(11-21-2)22-14-7-9-16(10-8-14)23-15-5-3-13(4-6-15)17(18,19)20/h3-10,12,21H,11H2,1-2H3. The predicted molar refractivity (Wildman–Crippen MR) is 82.0 cm³/mol. The Hall–Kier alpha value is -2.21. The monoisotopic (exact) mass is 325 g/mol. The van der Waals surface area contributed by atoms with E-state index in [1.54, 1.807) is 24.3 Å². The summed E-state index contributed by atoms with van der Waals surface area (Å²) in [7, 11) is 1.85. The number of hydrogen-bond donors (Lipinski definition) is 1. The van der Waals surface area contributed by atoms with Gasteiger partial charge < -0.3 is 14.8 Å². The molecule has 0 saturated carbocycles. The fourth-order valence-electron chi connectivity index (χ4n) is 2.00. The molecule has 0 aromatic heterocycles. The van der Waals surface area contributed by atoms with Gasteiger partial charge in [0.15, 0.2) is 0 Å². The van der Waals surface area contributed by atoms with E-state index in [0.717, 1.165) is 18.7 Å². The topological polar surface area (TPSA) is 30.5 Å². The number of rotatable bonds is 6. The Balaban J connectivity index is 1.98. The van der Waals surface area contributed by atoms with Gasteiger partial charge in [0.2, 0.25) is 0 Å². The van der Waals surface area contributed by atoms with Crippen LogP contribution < -0.4 is 14.8 Å². The van der Waals surface area contributed by atoms with Crippen LogP contribution in [-0.2, 0) is 6.18 Å². The molecule has 0 saturated heterocycles. The molecular formula is C17H18F3NO2. The summed E-state index contributed by atoms with van der Waals surface area (Å²) in [5.41, 5.74) is -0.702. The second kappa shape index (κ2) is 7.37. The van der Waals surface area contributed by atoms with Crippen LogP contribution in [0, 0.1) is 0 Å². The van der Waals surface area contributed by atoms with Crippen molar-refractivity contribution in [1.82, 2.24) is 5.32 Å². The first kappa shape index (κ1) is 17.1. The summed E-state index contributed by atoms with van der Waals surface area (Å²) < 4.78 is 48.7. The predicted octanol–water partition coefficient (Wildman–Crippen LogP) is 4.48. The van der Waals surface area contributed by atoms with Gasteiger partial charge in [0.05, 0.1) is 5.56 Å². The lowest BCUT2D eigenvalue weighted by atomic mass is 10.2. The van der Waals surface area contributed by atoms with Gasteiger partial charge in [-0.3, -0.25) is 0 Å². The van der Waals surface area contributed by atoms with Crippen LogP contribution in [0.4, 0.5) is 13.2 Å². The molecule has 0 amide bonds. The van der Waals surface area contributed by atoms with Crippen molar-refractivity contribution in [1.29, 1.82) is 0 Å². The quantitative estimate of drug-likeness (QED) is 0.849. The Morgan fingerprint density at radius 1 is 0.913 bits per heavy atom. The third-order valence-corrected chi connectivity index (χ3v) is 3.07. The number of ether oxygens (including phenoxy) is 2. The van der Waals surface area contributed by atoms with E-state index in [2.05, 4.69) is 5.32 Å². The highest BCUT2D eigenvalue weighted by Gasteiger charge is 2.30. The largest absolute Gasteiger partial charge is 0.489 e. The third-order valence-electron chi connectivity index (χ3n) is 3.07. The minimum Gasteiger partial charge on any atom is -0.489 e. The third kappa shape index (κ3) is 5.17. The first-order valence-corrected chi connectivity index (χ1v) is 7.15. The molecule has 1 unspecified atom stereocenters. The zero-order valence-electron chi connectivity index (χ0n) is 12.9. The molecule has 2 aromatic carbocycles. The maximum absolute atomic E-state index is 12.5. The highest BCUT2D eigenvalue weighted by Crippen LogP contribution is 2.31. The van der Waals surface area contributed by atoms with E-state index in [1.165, 1.54) is 12.1 Å². The van der Waals surface area contributed by atoms with Gasteiger partial charge in [-0.2, -0.15) is 13.2 Å². The van der Waals surface area contributed by atoms with Gasteiger partial charge in [0, 0.05) is 6.54 Å². The van der Waals surface area contributed by atoms with Crippen molar-refractivity contribution >= 4 is 0 Å². The summed E-state index contributed by atoms with van der Waals surface area (Å²) >= 11 is 0. The van der Waals surface area contributed by atoms with Crippen molar-refractivity contribution in [2.45, 2.75) is 19.2 Å². The molecule has 124 valence electrons. The minimum atomic E-state index is -4.35. The number of likely N-dealkylation sites (N-methyl/N-ethyl adjacent to an activating group) is 1. The van der Waals surface area contributed by atoms with E-state index in [0.29, 0.717) is 17.2 Å². The number of nitrogens with one attached hydrogen (secondary N) is 1. The van der Waals surface area contributed by atoms with Crippen LogP contribution in [0.15, 0.2) is 48.5 Å². The van der Waals surface area contributed by atoms with Crippen molar-refractivity contribution in [3.63, 3.8) is 0 Å². The summed E-state index contributed by atoms with van der Waals surface area (Å²) in [4.78, 5) is 0. The fourth-order valence-corrected chi connectivity index (χ4v) is 2.00. The molecule has 23 heavy (non-hydrogen) atoms. The van der Waals surface area contributed by atoms with Crippen molar-refractivity contribution in [3.8, 4) is 17.2 Å². The minimum absolute atomic E-state index is 0.0293. The second-order valence-electron chi connectivity index (χ2n) is 5.08. The van der Waals surface area contributed by atoms with Gasteiger partial charge in [-0.15, -0.1) is 0 Å². The first-order chi connectivity index (χ1) is 10.9. The lowest BCUT2D eigenvalue weighted by molar-refractivity contribution is -0.137. The number of benzene rings is 2. The van der Waals surface area contributed by atoms with E-state index in [-0.39, 0.29) is 6.10 Å². The highest BCUT2D eigenvalue weighted by atomic mass is 19.4. The van der Waals surface area contributed by atoms with Crippen LogP contribution in [-0.4, -0.2) is 19.7 Å². The maximum Gasteiger partial charge on any atom is 0.416 e. The molecule has 0 fully saturated rings. The van der Waals surface area contributed by atoms with E-state index < -0.39 is 11.7 Å². The zero-order valence-corrected chi connectivity index (χ0v) is 12.9. The molecule has 0 bridgehead atoms. The molecule has 1 N–H and O–H groups in total. The Kier molecular flexibility index (Phi) is 5.50. The molecule has 0 aliphatic carbocycles. The van der Waals surface area contributed by atoms with Gasteiger partial charge in [-0.25, -0.2) is 0 Å². The van der Waals surface area contributed by atoms with Crippen LogP contribution in [0.3, 0.4) is 0 Å². The van der Waals surface area contributed by atoms with Crippen LogP contribution in [0.2, 0.25) is 0 Å². The van der Waals surface area contributed by atoms with Crippen molar-refractivity contribution in [2.75, 3.05) is 13.6 Å². The second-order valence-corrected chi connectivity index (χ2v) is 5.08. The first-order valence-electron chi connectivity index (χ1n) is 7.15. The molecule has 0 spiro atoms. The van der Waals surface area contributed by atoms with E-state index in [1.807, 2.05) is 14.0 Å². The van der Waals surface area contributed by atoms with Crippen LogP contribution in [0.25, 0.3) is 0 Å². The molecule has 0 radical (unpaired) electrons. The SMILES string of the molecule is CNCC(C)Oc1ccc(Oc2ccc(C(F)(F)F)cc2)cc1. The molecule has 0 heterocycles. The molecule has 2 aromatic rings. The average Bonchev–Trinajstić information content (AvgIpc) is 2.49. The average molecular weight is 325 g/mol. The van der Waals surface area contributed by atoms with Gasteiger partial charge in [0.25, 0.3) is 0 Å². The van der Waals surface area contributed by atoms with Crippen LogP contribution >= 0.6 is 0 Å². The van der Waals surface area contributed by atoms with Crippen molar-refractivity contribution in [3.05, 3.63) is 54.1 Å². The zero-order chi connectivity index (χ0) is 16.9. The number of halogens is 3. The lowest BCUT2D eigenvalue weighted by Crippen LogP contribution is -2.25. The van der Waals surface area contributed by atoms with E-state index in [9.17, 15) is 13.2 Å². The van der Waals surface area contributed by atoms with E-state index in [4.69, 9.17) is 9.47 Å². The molecule has 0 aliphatic rings. The molecular weight excluding hydrogens is 307 g/mol. The highest BCUT2D eigenvalue weighted by molar-refractivity contribution is 5.36. The Morgan fingerprint density at radius 2 is 1.39 bits per heavy atom. The summed E-state index contributed by atoms with van der Waals surface area (Å²) in [6.45, 7) is 2.67. The smallest absolute Gasteiger partial charge is 0.416 e. The Labute approximate surface area is 133 Å². The fraction of sp³-hybridized carbons (Fsp3) is 0.294. The van der Waals surface area contributed by atoms with Gasteiger partial charge in [-0.1, -0.05) is 0 Å². The van der Waals surface area contributed by atoms with Gasteiger partial charge >= 0.3 is 6.18 Å². The van der Waals surface area contributed by atoms with Crippen LogP contribution in [0.1, 0.15) is 12.5 Å².